The van der Waals surface area contributed by atoms with Gasteiger partial charge in [-0.05, 0) is 37.5 Å². The number of benzene rings is 1. The first kappa shape index (κ1) is 18.1. The van der Waals surface area contributed by atoms with Crippen molar-refractivity contribution in [2.24, 2.45) is 0 Å². The fourth-order valence-corrected chi connectivity index (χ4v) is 3.46. The zero-order valence-electron chi connectivity index (χ0n) is 15.8. The molecule has 1 aliphatic rings. The Morgan fingerprint density at radius 3 is 2.64 bits per heavy atom. The number of aromatic nitrogens is 3. The van der Waals surface area contributed by atoms with Crippen LogP contribution in [-0.4, -0.2) is 32.3 Å². The number of hydrogen-bond donors (Lipinski definition) is 1. The molecule has 0 bridgehead atoms. The number of nitrogens with zero attached hydrogens (tertiary/aromatic N) is 3. The Hall–Kier alpha value is -3.28. The van der Waals surface area contributed by atoms with Gasteiger partial charge in [0.25, 0.3) is 5.56 Å². The minimum absolute atomic E-state index is 0.0961. The standard InChI is InChI=1S/C22H22N4O2/c1-15-2-4-16(5-3-15)6-7-20(27)26-13-10-18-19(14-26)24-21(25-22(18)28)17-8-11-23-12-9-17/h2-5,8-9,11-12H,6-7,10,13-14H2,1H3,(H,24,25,28). The van der Waals surface area contributed by atoms with Crippen LogP contribution in [0.25, 0.3) is 11.4 Å². The van der Waals surface area contributed by atoms with E-state index in [9.17, 15) is 9.59 Å². The molecule has 6 heteroatoms. The summed E-state index contributed by atoms with van der Waals surface area (Å²) in [6.07, 6.45) is 5.03. The summed E-state index contributed by atoms with van der Waals surface area (Å²) in [4.78, 5) is 38.4. The molecule has 0 saturated heterocycles. The fraction of sp³-hybridized carbons (Fsp3) is 0.273. The molecule has 0 saturated carbocycles. The van der Waals surface area contributed by atoms with Gasteiger partial charge in [-0.15, -0.1) is 0 Å². The van der Waals surface area contributed by atoms with Crippen molar-refractivity contribution in [3.63, 3.8) is 0 Å². The van der Waals surface area contributed by atoms with Crippen LogP contribution in [0, 0.1) is 6.92 Å². The quantitative estimate of drug-likeness (QED) is 0.761. The molecule has 1 N–H and O–H groups in total. The Kier molecular flexibility index (Phi) is 5.02. The normalized spacial score (nSPS) is 13.2. The highest BCUT2D eigenvalue weighted by atomic mass is 16.2. The predicted molar refractivity (Wildman–Crippen MR) is 107 cm³/mol. The van der Waals surface area contributed by atoms with E-state index in [1.54, 1.807) is 29.4 Å². The Bertz CT molecular complexity index is 1040. The predicted octanol–water partition coefficient (Wildman–Crippen LogP) is 2.66. The molecular weight excluding hydrogens is 352 g/mol. The van der Waals surface area contributed by atoms with E-state index in [2.05, 4.69) is 46.1 Å². The van der Waals surface area contributed by atoms with Crippen molar-refractivity contribution in [2.75, 3.05) is 6.54 Å². The highest BCUT2D eigenvalue weighted by molar-refractivity contribution is 5.76. The molecule has 0 radical (unpaired) electrons. The van der Waals surface area contributed by atoms with Crippen molar-refractivity contribution in [3.05, 3.63) is 81.5 Å². The number of hydrogen-bond acceptors (Lipinski definition) is 4. The van der Waals surface area contributed by atoms with E-state index in [4.69, 9.17) is 0 Å². The fourth-order valence-electron chi connectivity index (χ4n) is 3.46. The van der Waals surface area contributed by atoms with E-state index >= 15 is 0 Å². The Labute approximate surface area is 163 Å². The number of pyridine rings is 1. The van der Waals surface area contributed by atoms with Crippen LogP contribution in [0.2, 0.25) is 0 Å². The second kappa shape index (κ2) is 7.76. The van der Waals surface area contributed by atoms with Gasteiger partial charge >= 0.3 is 0 Å². The van der Waals surface area contributed by atoms with Crippen molar-refractivity contribution < 1.29 is 4.79 Å². The van der Waals surface area contributed by atoms with E-state index in [0.29, 0.717) is 49.4 Å². The molecule has 0 spiro atoms. The molecular formula is C22H22N4O2. The minimum atomic E-state index is -0.122. The summed E-state index contributed by atoms with van der Waals surface area (Å²) in [6.45, 7) is 2.98. The summed E-state index contributed by atoms with van der Waals surface area (Å²) in [5, 5.41) is 0. The van der Waals surface area contributed by atoms with Crippen molar-refractivity contribution in [1.29, 1.82) is 0 Å². The molecule has 0 atom stereocenters. The van der Waals surface area contributed by atoms with E-state index in [1.807, 2.05) is 0 Å². The summed E-state index contributed by atoms with van der Waals surface area (Å²) in [5.41, 5.74) is 4.42. The highest BCUT2D eigenvalue weighted by Crippen LogP contribution is 2.19. The number of carbonyl (C=O) groups is 1. The van der Waals surface area contributed by atoms with Gasteiger partial charge in [0.15, 0.2) is 0 Å². The molecule has 0 aliphatic carbocycles. The average molecular weight is 374 g/mol. The molecule has 0 unspecified atom stereocenters. The van der Waals surface area contributed by atoms with Gasteiger partial charge < -0.3 is 9.88 Å². The number of nitrogens with one attached hydrogen (secondary N) is 1. The lowest BCUT2D eigenvalue weighted by Crippen LogP contribution is -2.39. The number of carbonyl (C=O) groups excluding carboxylic acids is 1. The van der Waals surface area contributed by atoms with Crippen LogP contribution in [0.3, 0.4) is 0 Å². The summed E-state index contributed by atoms with van der Waals surface area (Å²) < 4.78 is 0. The molecule has 142 valence electrons. The molecule has 1 aromatic carbocycles. The number of fused-ring (bicyclic) bond motifs is 1. The maximum atomic E-state index is 12.7. The zero-order chi connectivity index (χ0) is 19.5. The molecule has 1 aliphatic heterocycles. The lowest BCUT2D eigenvalue weighted by molar-refractivity contribution is -0.132. The SMILES string of the molecule is Cc1ccc(CCC(=O)N2CCc3c(nc(-c4ccncc4)[nH]c3=O)C2)cc1. The van der Waals surface area contributed by atoms with Crippen molar-refractivity contribution in [2.45, 2.75) is 32.7 Å². The van der Waals surface area contributed by atoms with Gasteiger partial charge in [-0.1, -0.05) is 29.8 Å². The number of H-pyrrole nitrogens is 1. The molecule has 28 heavy (non-hydrogen) atoms. The largest absolute Gasteiger partial charge is 0.336 e. The Morgan fingerprint density at radius 1 is 1.14 bits per heavy atom. The summed E-state index contributed by atoms with van der Waals surface area (Å²) in [5.74, 6) is 0.610. The molecule has 2 aromatic heterocycles. The highest BCUT2D eigenvalue weighted by Gasteiger charge is 2.24. The van der Waals surface area contributed by atoms with E-state index in [0.717, 1.165) is 11.1 Å². The van der Waals surface area contributed by atoms with Gasteiger partial charge in [0.1, 0.15) is 5.82 Å². The molecule has 6 nitrogen and oxygen atoms in total. The monoisotopic (exact) mass is 374 g/mol. The molecule has 1 amide bonds. The van der Waals surface area contributed by atoms with Gasteiger partial charge in [0, 0.05) is 36.5 Å². The third-order valence-electron chi connectivity index (χ3n) is 5.13. The number of aryl methyl sites for hydroxylation is 2. The van der Waals surface area contributed by atoms with E-state index in [1.165, 1.54) is 5.56 Å². The van der Waals surface area contributed by atoms with Crippen molar-refractivity contribution >= 4 is 5.91 Å². The Morgan fingerprint density at radius 2 is 1.89 bits per heavy atom. The first-order chi connectivity index (χ1) is 13.6. The van der Waals surface area contributed by atoms with Gasteiger partial charge in [-0.2, -0.15) is 0 Å². The van der Waals surface area contributed by atoms with Gasteiger partial charge in [-0.3, -0.25) is 14.6 Å². The third-order valence-corrected chi connectivity index (χ3v) is 5.13. The zero-order valence-corrected chi connectivity index (χ0v) is 15.8. The molecule has 3 aromatic rings. The topological polar surface area (TPSA) is 79.0 Å². The number of aromatic amines is 1. The lowest BCUT2D eigenvalue weighted by atomic mass is 10.0. The van der Waals surface area contributed by atoms with Gasteiger partial charge in [-0.25, -0.2) is 4.98 Å². The number of rotatable bonds is 4. The van der Waals surface area contributed by atoms with Crippen LogP contribution >= 0.6 is 0 Å². The third kappa shape index (κ3) is 3.86. The smallest absolute Gasteiger partial charge is 0.254 e. The summed E-state index contributed by atoms with van der Waals surface area (Å²) >= 11 is 0. The lowest BCUT2D eigenvalue weighted by Gasteiger charge is -2.28. The van der Waals surface area contributed by atoms with E-state index < -0.39 is 0 Å². The maximum Gasteiger partial charge on any atom is 0.254 e. The summed E-state index contributed by atoms with van der Waals surface area (Å²) in [7, 11) is 0. The van der Waals surface area contributed by atoms with Crippen LogP contribution in [0.15, 0.2) is 53.6 Å². The maximum absolute atomic E-state index is 12.7. The van der Waals surface area contributed by atoms with Gasteiger partial charge in [0.05, 0.1) is 12.2 Å². The molecule has 4 rings (SSSR count). The van der Waals surface area contributed by atoms with Crippen LogP contribution in [0.1, 0.15) is 28.8 Å². The number of amides is 1. The van der Waals surface area contributed by atoms with Crippen LogP contribution in [0.5, 0.6) is 0 Å². The van der Waals surface area contributed by atoms with E-state index in [-0.39, 0.29) is 11.5 Å². The minimum Gasteiger partial charge on any atom is -0.336 e. The first-order valence-corrected chi connectivity index (χ1v) is 9.46. The van der Waals surface area contributed by atoms with Crippen LogP contribution in [0.4, 0.5) is 0 Å². The van der Waals surface area contributed by atoms with Crippen LogP contribution < -0.4 is 5.56 Å². The summed E-state index contributed by atoms with van der Waals surface area (Å²) in [6, 6.07) is 11.9. The molecule has 0 fully saturated rings. The Balaban J connectivity index is 1.49. The van der Waals surface area contributed by atoms with Gasteiger partial charge in [0.2, 0.25) is 5.91 Å². The van der Waals surface area contributed by atoms with Crippen molar-refractivity contribution in [1.82, 2.24) is 19.9 Å². The first-order valence-electron chi connectivity index (χ1n) is 9.46. The van der Waals surface area contributed by atoms with Crippen molar-refractivity contribution in [3.8, 4) is 11.4 Å². The second-order valence-electron chi connectivity index (χ2n) is 7.13. The average Bonchev–Trinajstić information content (AvgIpc) is 2.73. The second-order valence-corrected chi connectivity index (χ2v) is 7.13. The molecule has 3 heterocycles. The van der Waals surface area contributed by atoms with Crippen LogP contribution in [-0.2, 0) is 24.2 Å².